The first-order chi connectivity index (χ1) is 8.31. The minimum absolute atomic E-state index is 0.0686. The van der Waals surface area contributed by atoms with Crippen LogP contribution in [0.25, 0.3) is 0 Å². The van der Waals surface area contributed by atoms with Gasteiger partial charge in [-0.2, -0.15) is 0 Å². The highest BCUT2D eigenvalue weighted by Crippen LogP contribution is 2.39. The van der Waals surface area contributed by atoms with E-state index in [1.54, 1.807) is 7.11 Å². The van der Waals surface area contributed by atoms with Crippen molar-refractivity contribution in [1.29, 1.82) is 0 Å². The van der Waals surface area contributed by atoms with Crippen molar-refractivity contribution in [2.24, 2.45) is 0 Å². The molecule has 4 heteroatoms. The molecular weight excluding hydrogens is 296 g/mol. The van der Waals surface area contributed by atoms with Gasteiger partial charge in [-0.25, -0.2) is 0 Å². The lowest BCUT2D eigenvalue weighted by Gasteiger charge is -2.25. The second-order valence-corrected chi connectivity index (χ2v) is 6.05. The number of aliphatic hydroxyl groups excluding tert-OH is 1. The van der Waals surface area contributed by atoms with Crippen molar-refractivity contribution < 1.29 is 14.6 Å². The Morgan fingerprint density at radius 2 is 1.89 bits per heavy atom. The summed E-state index contributed by atoms with van der Waals surface area (Å²) in [6.07, 6.45) is 0.0857. The van der Waals surface area contributed by atoms with Gasteiger partial charge in [-0.15, -0.1) is 0 Å². The van der Waals surface area contributed by atoms with E-state index in [2.05, 4.69) is 15.9 Å². The van der Waals surface area contributed by atoms with E-state index in [1.807, 2.05) is 39.8 Å². The lowest BCUT2D eigenvalue weighted by molar-refractivity contribution is 0.215. The van der Waals surface area contributed by atoms with Gasteiger partial charge in [0.25, 0.3) is 0 Å². The van der Waals surface area contributed by atoms with Crippen LogP contribution in [0, 0.1) is 0 Å². The molecule has 0 saturated carbocycles. The molecule has 1 aromatic rings. The highest BCUT2D eigenvalue weighted by molar-refractivity contribution is 9.10. The van der Waals surface area contributed by atoms with Crippen LogP contribution in [0.4, 0.5) is 0 Å². The minimum Gasteiger partial charge on any atom is -0.493 e. The molecule has 0 amide bonds. The molecule has 3 nitrogen and oxygen atoms in total. The normalized spacial score (nSPS) is 11.8. The Bertz CT molecular complexity index is 414. The number of benzene rings is 1. The monoisotopic (exact) mass is 316 g/mol. The highest BCUT2D eigenvalue weighted by Gasteiger charge is 2.24. The van der Waals surface area contributed by atoms with Gasteiger partial charge < -0.3 is 14.6 Å². The molecule has 0 heterocycles. The molecule has 18 heavy (non-hydrogen) atoms. The van der Waals surface area contributed by atoms with E-state index in [0.717, 1.165) is 10.0 Å². The van der Waals surface area contributed by atoms with E-state index in [-0.39, 0.29) is 18.1 Å². The first-order valence-corrected chi connectivity index (χ1v) is 6.76. The second-order valence-electron chi connectivity index (χ2n) is 5.19. The smallest absolute Gasteiger partial charge is 0.162 e. The molecule has 1 aromatic carbocycles. The number of halogens is 1. The van der Waals surface area contributed by atoms with Crippen LogP contribution >= 0.6 is 15.9 Å². The van der Waals surface area contributed by atoms with Crippen LogP contribution < -0.4 is 9.47 Å². The molecule has 0 unspecified atom stereocenters. The largest absolute Gasteiger partial charge is 0.493 e. The van der Waals surface area contributed by atoms with Crippen molar-refractivity contribution in [2.75, 3.05) is 13.7 Å². The summed E-state index contributed by atoms with van der Waals surface area (Å²) in [5.41, 5.74) is 0.667. The first-order valence-electron chi connectivity index (χ1n) is 5.97. The van der Waals surface area contributed by atoms with Crippen LogP contribution in [0.1, 0.15) is 33.3 Å². The van der Waals surface area contributed by atoms with Crippen molar-refractivity contribution in [3.8, 4) is 11.5 Å². The van der Waals surface area contributed by atoms with Gasteiger partial charge in [-0.3, -0.25) is 0 Å². The summed E-state index contributed by atoms with van der Waals surface area (Å²) in [4.78, 5) is 0. The van der Waals surface area contributed by atoms with Gasteiger partial charge in [0.2, 0.25) is 0 Å². The number of hydrogen-bond acceptors (Lipinski definition) is 3. The average molecular weight is 317 g/mol. The minimum atomic E-state index is -0.331. The average Bonchev–Trinajstić information content (AvgIpc) is 2.28. The molecule has 0 spiro atoms. The van der Waals surface area contributed by atoms with Crippen LogP contribution in [0.3, 0.4) is 0 Å². The zero-order valence-corrected chi connectivity index (χ0v) is 13.2. The van der Waals surface area contributed by atoms with Crippen molar-refractivity contribution in [3.05, 3.63) is 22.2 Å². The maximum atomic E-state index is 9.46. The van der Waals surface area contributed by atoms with Crippen LogP contribution in [0.5, 0.6) is 11.5 Å². The summed E-state index contributed by atoms with van der Waals surface area (Å²) in [5.74, 6) is 1.39. The van der Waals surface area contributed by atoms with Crippen LogP contribution in [-0.2, 0) is 5.41 Å². The maximum absolute atomic E-state index is 9.46. The van der Waals surface area contributed by atoms with Crippen molar-refractivity contribution in [1.82, 2.24) is 0 Å². The van der Waals surface area contributed by atoms with Crippen LogP contribution in [0.2, 0.25) is 0 Å². The molecule has 0 atom stereocenters. The molecule has 0 aromatic heterocycles. The zero-order valence-electron chi connectivity index (χ0n) is 11.6. The van der Waals surface area contributed by atoms with Gasteiger partial charge in [0, 0.05) is 9.89 Å². The van der Waals surface area contributed by atoms with E-state index < -0.39 is 0 Å². The first kappa shape index (κ1) is 15.3. The summed E-state index contributed by atoms with van der Waals surface area (Å²) in [6.45, 7) is 7.97. The molecular formula is C14H21BrO3. The van der Waals surface area contributed by atoms with Gasteiger partial charge in [-0.05, 0) is 31.5 Å². The van der Waals surface area contributed by atoms with E-state index in [1.165, 1.54) is 0 Å². The SMILES string of the molecule is COc1cc(C(C)(C)CO)c(Br)cc1OC(C)C. The Morgan fingerprint density at radius 3 is 2.33 bits per heavy atom. The standard InChI is InChI=1S/C14H21BrO3/c1-9(2)18-13-7-11(15)10(6-12(13)17-5)14(3,4)8-16/h6-7,9,16H,8H2,1-5H3. The van der Waals surface area contributed by atoms with E-state index >= 15 is 0 Å². The fraction of sp³-hybridized carbons (Fsp3) is 0.571. The Hall–Kier alpha value is -0.740. The fourth-order valence-electron chi connectivity index (χ4n) is 1.64. The summed E-state index contributed by atoms with van der Waals surface area (Å²) in [6, 6.07) is 3.81. The lowest BCUT2D eigenvalue weighted by atomic mass is 9.85. The third kappa shape index (κ3) is 3.39. The summed E-state index contributed by atoms with van der Waals surface area (Å²) in [5, 5.41) is 9.46. The zero-order chi connectivity index (χ0) is 13.9. The van der Waals surface area contributed by atoms with E-state index in [9.17, 15) is 5.11 Å². The molecule has 0 aliphatic rings. The number of hydrogen-bond donors (Lipinski definition) is 1. The highest BCUT2D eigenvalue weighted by atomic mass is 79.9. The van der Waals surface area contributed by atoms with Crippen molar-refractivity contribution in [3.63, 3.8) is 0 Å². The molecule has 102 valence electrons. The van der Waals surface area contributed by atoms with Gasteiger partial charge in [0.15, 0.2) is 11.5 Å². The lowest BCUT2D eigenvalue weighted by Crippen LogP contribution is -2.23. The molecule has 1 N–H and O–H groups in total. The molecule has 0 aliphatic heterocycles. The van der Waals surface area contributed by atoms with Crippen molar-refractivity contribution in [2.45, 2.75) is 39.2 Å². The molecule has 0 aliphatic carbocycles. The fourth-order valence-corrected chi connectivity index (χ4v) is 2.50. The third-order valence-electron chi connectivity index (χ3n) is 2.74. The molecule has 0 radical (unpaired) electrons. The Morgan fingerprint density at radius 1 is 1.28 bits per heavy atom. The van der Waals surface area contributed by atoms with E-state index in [4.69, 9.17) is 9.47 Å². The molecule has 0 fully saturated rings. The maximum Gasteiger partial charge on any atom is 0.162 e. The molecule has 0 saturated heterocycles. The van der Waals surface area contributed by atoms with Crippen molar-refractivity contribution >= 4 is 15.9 Å². The third-order valence-corrected chi connectivity index (χ3v) is 3.40. The number of aliphatic hydroxyl groups is 1. The quantitative estimate of drug-likeness (QED) is 0.903. The van der Waals surface area contributed by atoms with Gasteiger partial charge in [0.05, 0.1) is 19.8 Å². The summed E-state index contributed by atoms with van der Waals surface area (Å²) >= 11 is 3.53. The predicted octanol–water partition coefficient (Wildman–Crippen LogP) is 3.51. The van der Waals surface area contributed by atoms with Crippen LogP contribution in [-0.4, -0.2) is 24.9 Å². The molecule has 0 bridgehead atoms. The van der Waals surface area contributed by atoms with Gasteiger partial charge in [-0.1, -0.05) is 29.8 Å². The topological polar surface area (TPSA) is 38.7 Å². The Kier molecular flexibility index (Phi) is 5.05. The number of rotatable bonds is 5. The number of methoxy groups -OCH3 is 1. The van der Waals surface area contributed by atoms with Gasteiger partial charge >= 0.3 is 0 Å². The summed E-state index contributed by atoms with van der Waals surface area (Å²) in [7, 11) is 1.62. The van der Waals surface area contributed by atoms with Crippen LogP contribution in [0.15, 0.2) is 16.6 Å². The Labute approximate surface area is 117 Å². The number of ether oxygens (including phenoxy) is 2. The van der Waals surface area contributed by atoms with E-state index in [0.29, 0.717) is 11.5 Å². The summed E-state index contributed by atoms with van der Waals surface area (Å²) < 4.78 is 12.0. The molecule has 1 rings (SSSR count). The second kappa shape index (κ2) is 5.93. The Balaban J connectivity index is 3.26. The van der Waals surface area contributed by atoms with Gasteiger partial charge in [0.1, 0.15) is 0 Å². The predicted molar refractivity (Wildman–Crippen MR) is 76.6 cm³/mol.